The highest BCUT2D eigenvalue weighted by Gasteiger charge is 2.05. The van der Waals surface area contributed by atoms with Crippen molar-refractivity contribution >= 4 is 39.1 Å². The maximum absolute atomic E-state index is 10.8. The molecule has 0 saturated heterocycles. The van der Waals surface area contributed by atoms with Crippen LogP contribution in [0.25, 0.3) is 0 Å². The van der Waals surface area contributed by atoms with Crippen LogP contribution in [0.15, 0.2) is 22.7 Å². The van der Waals surface area contributed by atoms with E-state index in [0.717, 1.165) is 0 Å². The van der Waals surface area contributed by atoms with Gasteiger partial charge in [0, 0.05) is 10.0 Å². The van der Waals surface area contributed by atoms with Crippen LogP contribution in [0.2, 0.25) is 0 Å². The SMILES string of the molecule is O=CCOc1cc(Br)cc(C(=O)Cl)c1. The lowest BCUT2D eigenvalue weighted by molar-refractivity contribution is -0.109. The zero-order valence-corrected chi connectivity index (χ0v) is 9.34. The van der Waals surface area contributed by atoms with Gasteiger partial charge in [-0.2, -0.15) is 0 Å². The molecule has 0 N–H and O–H groups in total. The summed E-state index contributed by atoms with van der Waals surface area (Å²) in [6, 6.07) is 4.69. The standard InChI is InChI=1S/C9H6BrClO3/c10-7-3-6(9(11)13)4-8(5-7)14-2-1-12/h1,3-5H,2H2. The van der Waals surface area contributed by atoms with Crippen molar-refractivity contribution in [1.82, 2.24) is 0 Å². The van der Waals surface area contributed by atoms with Gasteiger partial charge in [-0.15, -0.1) is 0 Å². The van der Waals surface area contributed by atoms with Crippen molar-refractivity contribution in [3.8, 4) is 5.75 Å². The van der Waals surface area contributed by atoms with E-state index in [2.05, 4.69) is 15.9 Å². The van der Waals surface area contributed by atoms with Gasteiger partial charge in [0.1, 0.15) is 12.4 Å². The first kappa shape index (κ1) is 11.2. The summed E-state index contributed by atoms with van der Waals surface area (Å²) < 4.78 is 5.69. The van der Waals surface area contributed by atoms with E-state index >= 15 is 0 Å². The second-order valence-corrected chi connectivity index (χ2v) is 3.69. The Morgan fingerprint density at radius 2 is 2.21 bits per heavy atom. The molecule has 1 aromatic rings. The lowest BCUT2D eigenvalue weighted by Gasteiger charge is -2.04. The molecule has 5 heteroatoms. The van der Waals surface area contributed by atoms with Gasteiger partial charge in [0.25, 0.3) is 5.24 Å². The van der Waals surface area contributed by atoms with E-state index in [-0.39, 0.29) is 6.61 Å². The molecule has 0 spiro atoms. The van der Waals surface area contributed by atoms with E-state index in [9.17, 15) is 9.59 Å². The maximum Gasteiger partial charge on any atom is 0.252 e. The fourth-order valence-electron chi connectivity index (χ4n) is 0.890. The number of carbonyl (C=O) groups excluding carboxylic acids is 2. The van der Waals surface area contributed by atoms with Crippen LogP contribution in [0.1, 0.15) is 10.4 Å². The third-order valence-corrected chi connectivity index (χ3v) is 2.09. The predicted molar refractivity (Wildman–Crippen MR) is 55.9 cm³/mol. The molecule has 0 atom stereocenters. The molecule has 0 heterocycles. The third kappa shape index (κ3) is 3.12. The number of rotatable bonds is 4. The molecule has 0 fully saturated rings. The van der Waals surface area contributed by atoms with Crippen LogP contribution in [0.5, 0.6) is 5.75 Å². The second-order valence-electron chi connectivity index (χ2n) is 2.43. The first-order valence-electron chi connectivity index (χ1n) is 3.70. The normalized spacial score (nSPS) is 9.57. The number of hydrogen-bond acceptors (Lipinski definition) is 3. The number of halogens is 2. The Kier molecular flexibility index (Phi) is 4.10. The molecule has 0 aliphatic carbocycles. The zero-order chi connectivity index (χ0) is 10.6. The van der Waals surface area contributed by atoms with Gasteiger partial charge in [0.2, 0.25) is 0 Å². The van der Waals surface area contributed by atoms with Gasteiger partial charge in [0.05, 0.1) is 0 Å². The first-order valence-corrected chi connectivity index (χ1v) is 4.87. The molecule has 14 heavy (non-hydrogen) atoms. The summed E-state index contributed by atoms with van der Waals surface area (Å²) in [4.78, 5) is 20.9. The highest BCUT2D eigenvalue weighted by atomic mass is 79.9. The zero-order valence-electron chi connectivity index (χ0n) is 7.00. The van der Waals surface area contributed by atoms with Crippen LogP contribution >= 0.6 is 27.5 Å². The monoisotopic (exact) mass is 276 g/mol. The van der Waals surface area contributed by atoms with Crippen LogP contribution in [0, 0.1) is 0 Å². The van der Waals surface area contributed by atoms with E-state index < -0.39 is 5.24 Å². The Morgan fingerprint density at radius 3 is 2.79 bits per heavy atom. The minimum Gasteiger partial charge on any atom is -0.486 e. The molecule has 0 aliphatic rings. The van der Waals surface area contributed by atoms with Crippen LogP contribution < -0.4 is 4.74 Å². The van der Waals surface area contributed by atoms with Crippen molar-refractivity contribution in [2.24, 2.45) is 0 Å². The van der Waals surface area contributed by atoms with Crippen LogP contribution in [0.3, 0.4) is 0 Å². The smallest absolute Gasteiger partial charge is 0.252 e. The maximum atomic E-state index is 10.8. The Morgan fingerprint density at radius 1 is 1.50 bits per heavy atom. The number of ether oxygens (including phenoxy) is 1. The lowest BCUT2D eigenvalue weighted by atomic mass is 10.2. The second kappa shape index (κ2) is 5.12. The van der Waals surface area contributed by atoms with Gasteiger partial charge in [-0.05, 0) is 29.8 Å². The molecule has 0 amide bonds. The highest BCUT2D eigenvalue weighted by Crippen LogP contribution is 2.22. The van der Waals surface area contributed by atoms with Crippen LogP contribution in [-0.4, -0.2) is 18.1 Å². The number of carbonyl (C=O) groups is 2. The van der Waals surface area contributed by atoms with Crippen molar-refractivity contribution in [2.75, 3.05) is 6.61 Å². The van der Waals surface area contributed by atoms with Crippen LogP contribution in [-0.2, 0) is 4.79 Å². The van der Waals surface area contributed by atoms with E-state index in [1.54, 1.807) is 12.1 Å². The van der Waals surface area contributed by atoms with Gasteiger partial charge in [-0.1, -0.05) is 15.9 Å². The molecular weight excluding hydrogens is 271 g/mol. The van der Waals surface area contributed by atoms with Gasteiger partial charge < -0.3 is 4.74 Å². The van der Waals surface area contributed by atoms with Crippen molar-refractivity contribution in [3.63, 3.8) is 0 Å². The predicted octanol–water partition coefficient (Wildman–Crippen LogP) is 2.41. The lowest BCUT2D eigenvalue weighted by Crippen LogP contribution is -1.99. The molecule has 0 radical (unpaired) electrons. The van der Waals surface area contributed by atoms with Gasteiger partial charge in [-0.25, -0.2) is 0 Å². The number of benzene rings is 1. The minimum absolute atomic E-state index is 0.0492. The quantitative estimate of drug-likeness (QED) is 0.627. The van der Waals surface area contributed by atoms with Gasteiger partial charge in [-0.3, -0.25) is 9.59 Å². The molecule has 0 aliphatic heterocycles. The summed E-state index contributed by atoms with van der Waals surface area (Å²) >= 11 is 8.49. The summed E-state index contributed by atoms with van der Waals surface area (Å²) in [6.07, 6.45) is 0.628. The average Bonchev–Trinajstić information content (AvgIpc) is 2.14. The Bertz CT molecular complexity index is 365. The number of aldehydes is 1. The van der Waals surface area contributed by atoms with Crippen molar-refractivity contribution < 1.29 is 14.3 Å². The molecule has 1 rings (SSSR count). The average molecular weight is 278 g/mol. The van der Waals surface area contributed by atoms with E-state index in [1.165, 1.54) is 6.07 Å². The molecule has 74 valence electrons. The molecule has 1 aromatic carbocycles. The summed E-state index contributed by atoms with van der Waals surface area (Å²) in [6.45, 7) is -0.0492. The topological polar surface area (TPSA) is 43.4 Å². The van der Waals surface area contributed by atoms with Crippen LogP contribution in [0.4, 0.5) is 0 Å². The molecule has 0 aromatic heterocycles. The summed E-state index contributed by atoms with van der Waals surface area (Å²) in [7, 11) is 0. The van der Waals surface area contributed by atoms with Crippen molar-refractivity contribution in [3.05, 3.63) is 28.2 Å². The molecular formula is C9H6BrClO3. The van der Waals surface area contributed by atoms with Crippen molar-refractivity contribution in [2.45, 2.75) is 0 Å². The van der Waals surface area contributed by atoms with E-state index in [1.807, 2.05) is 0 Å². The van der Waals surface area contributed by atoms with E-state index in [4.69, 9.17) is 16.3 Å². The molecule has 3 nitrogen and oxygen atoms in total. The Labute approximate surface area is 94.1 Å². The fourth-order valence-corrected chi connectivity index (χ4v) is 1.47. The largest absolute Gasteiger partial charge is 0.486 e. The number of hydrogen-bond donors (Lipinski definition) is 0. The minimum atomic E-state index is -0.567. The summed E-state index contributed by atoms with van der Waals surface area (Å²) in [5, 5.41) is -0.567. The Balaban J connectivity index is 2.94. The summed E-state index contributed by atoms with van der Waals surface area (Å²) in [5.74, 6) is 0.426. The highest BCUT2D eigenvalue weighted by molar-refractivity contribution is 9.10. The molecule has 0 bridgehead atoms. The first-order chi connectivity index (χ1) is 6.63. The molecule has 0 unspecified atom stereocenters. The van der Waals surface area contributed by atoms with Gasteiger partial charge >= 0.3 is 0 Å². The van der Waals surface area contributed by atoms with E-state index in [0.29, 0.717) is 22.1 Å². The molecule has 0 saturated carbocycles. The van der Waals surface area contributed by atoms with Crippen molar-refractivity contribution in [1.29, 1.82) is 0 Å². The third-order valence-electron chi connectivity index (χ3n) is 1.42. The Hall–Kier alpha value is -0.870. The summed E-state index contributed by atoms with van der Waals surface area (Å²) in [5.41, 5.74) is 0.321. The fraction of sp³-hybridized carbons (Fsp3) is 0.111. The van der Waals surface area contributed by atoms with Gasteiger partial charge in [0.15, 0.2) is 6.29 Å².